The lowest BCUT2D eigenvalue weighted by Gasteiger charge is -2.22. The molecule has 0 aliphatic heterocycles. The molecule has 0 spiro atoms. The molecule has 0 unspecified atom stereocenters. The fourth-order valence-electron chi connectivity index (χ4n) is 1.72. The van der Waals surface area contributed by atoms with Crippen LogP contribution in [0.15, 0.2) is 12.1 Å². The van der Waals surface area contributed by atoms with E-state index in [-0.39, 0.29) is 18.3 Å². The monoisotopic (exact) mass is 282 g/mol. The highest BCUT2D eigenvalue weighted by Gasteiger charge is 2.18. The summed E-state index contributed by atoms with van der Waals surface area (Å²) in [6, 6.07) is 4.04. The summed E-state index contributed by atoms with van der Waals surface area (Å²) in [6.45, 7) is 12.1. The largest absolute Gasteiger partial charge is 0.487 e. The predicted molar refractivity (Wildman–Crippen MR) is 83.3 cm³/mol. The van der Waals surface area contributed by atoms with E-state index in [0.29, 0.717) is 0 Å². The molecule has 0 radical (unpaired) electrons. The average Bonchev–Trinajstić information content (AvgIpc) is 2.25. The average molecular weight is 282 g/mol. The Morgan fingerprint density at radius 1 is 0.737 bits per heavy atom. The third-order valence-corrected chi connectivity index (χ3v) is 3.13. The molecule has 0 N–H and O–H groups in total. The SMILES string of the molecule is CC(C)Oc1ccc([SiH3])c(OC(C)C)c1OC(C)C. The van der Waals surface area contributed by atoms with Gasteiger partial charge in [0.15, 0.2) is 11.5 Å². The Balaban J connectivity index is 3.23. The first-order chi connectivity index (χ1) is 8.81. The Kier molecular flexibility index (Phi) is 5.73. The van der Waals surface area contributed by atoms with Crippen LogP contribution in [0.5, 0.6) is 17.2 Å². The third kappa shape index (κ3) is 4.78. The molecule has 3 nitrogen and oxygen atoms in total. The summed E-state index contributed by atoms with van der Waals surface area (Å²) in [7, 11) is 0.916. The Morgan fingerprint density at radius 3 is 1.68 bits per heavy atom. The molecule has 19 heavy (non-hydrogen) atoms. The van der Waals surface area contributed by atoms with Crippen LogP contribution in [0, 0.1) is 0 Å². The van der Waals surface area contributed by atoms with Crippen LogP contribution in [0.4, 0.5) is 0 Å². The van der Waals surface area contributed by atoms with Gasteiger partial charge in [0.05, 0.1) is 18.3 Å². The van der Waals surface area contributed by atoms with Crippen LogP contribution >= 0.6 is 0 Å². The summed E-state index contributed by atoms with van der Waals surface area (Å²) < 4.78 is 17.7. The fraction of sp³-hybridized carbons (Fsp3) is 0.600. The second-order valence-corrected chi connectivity index (χ2v) is 6.62. The molecule has 4 heteroatoms. The summed E-state index contributed by atoms with van der Waals surface area (Å²) in [5.41, 5.74) is 0. The zero-order valence-electron chi connectivity index (χ0n) is 13.1. The summed E-state index contributed by atoms with van der Waals surface area (Å²) >= 11 is 0. The zero-order chi connectivity index (χ0) is 14.6. The molecule has 0 fully saturated rings. The minimum absolute atomic E-state index is 0.0903. The summed E-state index contributed by atoms with van der Waals surface area (Å²) in [5, 5.41) is 1.19. The highest BCUT2D eigenvalue weighted by atomic mass is 28.1. The van der Waals surface area contributed by atoms with Gasteiger partial charge in [-0.25, -0.2) is 0 Å². The molecule has 0 atom stereocenters. The van der Waals surface area contributed by atoms with Gasteiger partial charge < -0.3 is 14.2 Å². The van der Waals surface area contributed by atoms with Crippen LogP contribution in [0.1, 0.15) is 41.5 Å². The van der Waals surface area contributed by atoms with Crippen molar-refractivity contribution in [2.75, 3.05) is 0 Å². The first kappa shape index (κ1) is 15.9. The van der Waals surface area contributed by atoms with E-state index in [0.717, 1.165) is 27.5 Å². The molecule has 0 aliphatic carbocycles. The van der Waals surface area contributed by atoms with E-state index in [1.54, 1.807) is 0 Å². The molecule has 1 aromatic carbocycles. The standard InChI is InChI=1S/C15H26O3Si/c1-9(2)16-12-7-8-13(19)15(18-11(5)6)14(12)17-10(3)4/h7-11H,1-6,19H3. The normalized spacial score (nSPS) is 11.4. The van der Waals surface area contributed by atoms with Crippen LogP contribution in [0.3, 0.4) is 0 Å². The molecular weight excluding hydrogens is 256 g/mol. The van der Waals surface area contributed by atoms with Gasteiger partial charge in [0, 0.05) is 10.2 Å². The molecule has 0 saturated carbocycles. The first-order valence-corrected chi connectivity index (χ1v) is 7.94. The van der Waals surface area contributed by atoms with Gasteiger partial charge in [0.25, 0.3) is 0 Å². The maximum absolute atomic E-state index is 5.93. The van der Waals surface area contributed by atoms with E-state index in [1.165, 1.54) is 5.19 Å². The lowest BCUT2D eigenvalue weighted by atomic mass is 10.2. The van der Waals surface area contributed by atoms with Crippen molar-refractivity contribution in [2.45, 2.75) is 59.9 Å². The Labute approximate surface area is 119 Å². The lowest BCUT2D eigenvalue weighted by Crippen LogP contribution is -2.19. The maximum atomic E-state index is 5.93. The van der Waals surface area contributed by atoms with Crippen LogP contribution in [0.2, 0.25) is 0 Å². The van der Waals surface area contributed by atoms with Gasteiger partial charge in [-0.1, -0.05) is 6.07 Å². The minimum atomic E-state index is 0.0903. The van der Waals surface area contributed by atoms with Gasteiger partial charge in [0.2, 0.25) is 5.75 Å². The molecule has 0 bridgehead atoms. The van der Waals surface area contributed by atoms with Gasteiger partial charge in [-0.15, -0.1) is 0 Å². The predicted octanol–water partition coefficient (Wildman–Crippen LogP) is 2.04. The van der Waals surface area contributed by atoms with E-state index < -0.39 is 0 Å². The second kappa shape index (κ2) is 6.85. The molecular formula is C15H26O3Si. The molecule has 0 saturated heterocycles. The van der Waals surface area contributed by atoms with Gasteiger partial charge in [-0.3, -0.25) is 0 Å². The molecule has 0 amide bonds. The molecule has 1 aromatic rings. The maximum Gasteiger partial charge on any atom is 0.203 e. The van der Waals surface area contributed by atoms with Crippen molar-refractivity contribution in [3.8, 4) is 17.2 Å². The van der Waals surface area contributed by atoms with Gasteiger partial charge >= 0.3 is 0 Å². The first-order valence-electron chi connectivity index (χ1n) is 6.94. The molecule has 0 aliphatic rings. The fourth-order valence-corrected chi connectivity index (χ4v) is 2.23. The quantitative estimate of drug-likeness (QED) is 0.747. The minimum Gasteiger partial charge on any atom is -0.487 e. The number of ether oxygens (including phenoxy) is 3. The highest BCUT2D eigenvalue weighted by molar-refractivity contribution is 6.34. The van der Waals surface area contributed by atoms with Crippen molar-refractivity contribution in [3.63, 3.8) is 0 Å². The van der Waals surface area contributed by atoms with Crippen molar-refractivity contribution < 1.29 is 14.2 Å². The Morgan fingerprint density at radius 2 is 1.21 bits per heavy atom. The summed E-state index contributed by atoms with van der Waals surface area (Å²) in [4.78, 5) is 0. The van der Waals surface area contributed by atoms with E-state index >= 15 is 0 Å². The smallest absolute Gasteiger partial charge is 0.203 e. The lowest BCUT2D eigenvalue weighted by molar-refractivity contribution is 0.177. The third-order valence-electron chi connectivity index (χ3n) is 2.34. The molecule has 1 rings (SSSR count). The van der Waals surface area contributed by atoms with E-state index in [1.807, 2.05) is 47.6 Å². The van der Waals surface area contributed by atoms with Crippen LogP contribution in [0.25, 0.3) is 0 Å². The zero-order valence-corrected chi connectivity index (χ0v) is 15.1. The van der Waals surface area contributed by atoms with Crippen LogP contribution in [-0.2, 0) is 0 Å². The summed E-state index contributed by atoms with van der Waals surface area (Å²) in [6.07, 6.45) is 0.324. The van der Waals surface area contributed by atoms with Gasteiger partial charge in [0.1, 0.15) is 0 Å². The topological polar surface area (TPSA) is 27.7 Å². The number of hydrogen-bond donors (Lipinski definition) is 0. The molecule has 0 heterocycles. The second-order valence-electron chi connectivity index (χ2n) is 5.54. The van der Waals surface area contributed by atoms with Crippen LogP contribution < -0.4 is 19.4 Å². The highest BCUT2D eigenvalue weighted by Crippen LogP contribution is 2.37. The Bertz CT molecular complexity index is 414. The van der Waals surface area contributed by atoms with Crippen molar-refractivity contribution in [3.05, 3.63) is 12.1 Å². The van der Waals surface area contributed by atoms with Crippen molar-refractivity contribution in [1.82, 2.24) is 0 Å². The van der Waals surface area contributed by atoms with Crippen molar-refractivity contribution in [2.24, 2.45) is 0 Å². The van der Waals surface area contributed by atoms with Crippen molar-refractivity contribution >= 4 is 15.4 Å². The van der Waals surface area contributed by atoms with Crippen molar-refractivity contribution in [1.29, 1.82) is 0 Å². The Hall–Kier alpha value is -1.16. The van der Waals surface area contributed by atoms with E-state index in [4.69, 9.17) is 14.2 Å². The van der Waals surface area contributed by atoms with Gasteiger partial charge in [-0.05, 0) is 52.8 Å². The van der Waals surface area contributed by atoms with Crippen LogP contribution in [-0.4, -0.2) is 28.6 Å². The van der Waals surface area contributed by atoms with E-state index in [2.05, 4.69) is 6.07 Å². The number of hydrogen-bond acceptors (Lipinski definition) is 3. The molecule has 108 valence electrons. The molecule has 0 aromatic heterocycles. The number of benzene rings is 1. The number of rotatable bonds is 6. The summed E-state index contributed by atoms with van der Waals surface area (Å²) in [5.74, 6) is 2.34. The van der Waals surface area contributed by atoms with Gasteiger partial charge in [-0.2, -0.15) is 0 Å². The van der Waals surface area contributed by atoms with E-state index in [9.17, 15) is 0 Å².